The quantitative estimate of drug-likeness (QED) is 0.750. The third-order valence-corrected chi connectivity index (χ3v) is 2.25. The second-order valence-corrected chi connectivity index (χ2v) is 3.56. The van der Waals surface area contributed by atoms with E-state index in [2.05, 4.69) is 4.74 Å². The Balaban J connectivity index is 3.27. The van der Waals surface area contributed by atoms with Gasteiger partial charge in [0.25, 0.3) is 0 Å². The number of carbonyl (C=O) groups excluding carboxylic acids is 1. The molecule has 0 aliphatic rings. The molecule has 0 amide bonds. The highest BCUT2D eigenvalue weighted by atomic mass is 35.5. The number of hydrogen-bond donors (Lipinski definition) is 0. The number of hydrogen-bond acceptors (Lipinski definition) is 2. The van der Waals surface area contributed by atoms with Gasteiger partial charge in [-0.05, 0) is 26.0 Å². The van der Waals surface area contributed by atoms with E-state index in [1.807, 2.05) is 0 Å². The zero-order valence-electron chi connectivity index (χ0n) is 8.48. The Bertz CT molecular complexity index is 427. The molecule has 0 bridgehead atoms. The zero-order chi connectivity index (χ0) is 12.5. The second-order valence-electron chi connectivity index (χ2n) is 3.15. The molecule has 6 heteroatoms. The number of ketones is 1. The first-order valence-electron chi connectivity index (χ1n) is 4.28. The summed E-state index contributed by atoms with van der Waals surface area (Å²) in [4.78, 5) is 11.1. The lowest BCUT2D eigenvalue weighted by atomic mass is 10.0. The van der Waals surface area contributed by atoms with Crippen molar-refractivity contribution in [3.63, 3.8) is 0 Å². The molecule has 0 saturated carbocycles. The number of halogens is 4. The van der Waals surface area contributed by atoms with Gasteiger partial charge < -0.3 is 4.74 Å². The predicted molar refractivity (Wildman–Crippen MR) is 52.9 cm³/mol. The maximum absolute atomic E-state index is 12.1. The second kappa shape index (κ2) is 4.33. The Morgan fingerprint density at radius 1 is 1.38 bits per heavy atom. The maximum atomic E-state index is 12.1. The van der Waals surface area contributed by atoms with Gasteiger partial charge in [-0.15, -0.1) is 13.2 Å². The molecule has 0 unspecified atom stereocenters. The van der Waals surface area contributed by atoms with Gasteiger partial charge >= 0.3 is 6.36 Å². The van der Waals surface area contributed by atoms with Gasteiger partial charge in [0.1, 0.15) is 0 Å². The summed E-state index contributed by atoms with van der Waals surface area (Å²) in [6.45, 7) is 2.61. The van der Waals surface area contributed by atoms with Crippen LogP contribution < -0.4 is 4.74 Å². The Hall–Kier alpha value is -1.23. The van der Waals surface area contributed by atoms with Gasteiger partial charge in [0, 0.05) is 11.1 Å². The van der Waals surface area contributed by atoms with Crippen molar-refractivity contribution in [2.45, 2.75) is 20.2 Å². The average molecular weight is 253 g/mol. The fourth-order valence-electron chi connectivity index (χ4n) is 1.28. The topological polar surface area (TPSA) is 26.3 Å². The van der Waals surface area contributed by atoms with Crippen molar-refractivity contribution in [1.82, 2.24) is 0 Å². The van der Waals surface area contributed by atoms with Crippen LogP contribution in [0.2, 0.25) is 5.02 Å². The number of Topliss-reactive ketones (excluding diaryl/α,β-unsaturated/α-hetero) is 1. The zero-order valence-corrected chi connectivity index (χ0v) is 9.24. The van der Waals surface area contributed by atoms with Gasteiger partial charge in [0.15, 0.2) is 11.5 Å². The number of rotatable bonds is 2. The summed E-state index contributed by atoms with van der Waals surface area (Å²) < 4.78 is 40.0. The van der Waals surface area contributed by atoms with Crippen LogP contribution in [0.5, 0.6) is 5.75 Å². The van der Waals surface area contributed by atoms with Crippen LogP contribution >= 0.6 is 11.6 Å². The van der Waals surface area contributed by atoms with Gasteiger partial charge in [-0.2, -0.15) is 0 Å². The van der Waals surface area contributed by atoms with E-state index in [1.54, 1.807) is 0 Å². The highest BCUT2D eigenvalue weighted by Crippen LogP contribution is 2.35. The molecule has 0 fully saturated rings. The number of alkyl halides is 3. The standard InChI is InChI=1S/C10H8ClF3O2/c1-5-7(6(2)15)3-4-8(11)9(5)16-10(12,13)14/h3-4H,1-2H3. The van der Waals surface area contributed by atoms with Gasteiger partial charge in [-0.1, -0.05) is 11.6 Å². The first-order valence-corrected chi connectivity index (χ1v) is 4.66. The Morgan fingerprint density at radius 3 is 2.38 bits per heavy atom. The molecule has 0 aliphatic carbocycles. The summed E-state index contributed by atoms with van der Waals surface area (Å²) in [5, 5.41) is -0.181. The van der Waals surface area contributed by atoms with Crippen LogP contribution in [0.4, 0.5) is 13.2 Å². The van der Waals surface area contributed by atoms with Crippen molar-refractivity contribution in [3.8, 4) is 5.75 Å². The summed E-state index contributed by atoms with van der Waals surface area (Å²) in [5.74, 6) is -0.872. The van der Waals surface area contributed by atoms with Crippen LogP contribution in [0, 0.1) is 6.92 Å². The maximum Gasteiger partial charge on any atom is 0.573 e. The number of carbonyl (C=O) groups is 1. The molecule has 1 aromatic rings. The van der Waals surface area contributed by atoms with Crippen molar-refractivity contribution < 1.29 is 22.7 Å². The minimum atomic E-state index is -4.83. The molecule has 0 N–H and O–H groups in total. The van der Waals surface area contributed by atoms with Crippen molar-refractivity contribution in [2.75, 3.05) is 0 Å². The third kappa shape index (κ3) is 2.88. The van der Waals surface area contributed by atoms with Crippen molar-refractivity contribution in [2.24, 2.45) is 0 Å². The molecule has 1 rings (SSSR count). The average Bonchev–Trinajstić information content (AvgIpc) is 2.10. The lowest BCUT2D eigenvalue weighted by molar-refractivity contribution is -0.274. The predicted octanol–water partition coefficient (Wildman–Crippen LogP) is 3.75. The lowest BCUT2D eigenvalue weighted by Gasteiger charge is -2.14. The largest absolute Gasteiger partial charge is 0.573 e. The molecular weight excluding hydrogens is 245 g/mol. The van der Waals surface area contributed by atoms with Crippen LogP contribution in [-0.2, 0) is 0 Å². The van der Waals surface area contributed by atoms with Crippen molar-refractivity contribution in [1.29, 1.82) is 0 Å². The van der Waals surface area contributed by atoms with Gasteiger partial charge in [-0.3, -0.25) is 4.79 Å². The van der Waals surface area contributed by atoms with E-state index in [1.165, 1.54) is 26.0 Å². The molecule has 0 spiro atoms. The van der Waals surface area contributed by atoms with Gasteiger partial charge in [0.05, 0.1) is 5.02 Å². The van der Waals surface area contributed by atoms with Crippen LogP contribution in [0.1, 0.15) is 22.8 Å². The normalized spacial score (nSPS) is 11.4. The fourth-order valence-corrected chi connectivity index (χ4v) is 1.52. The molecule has 16 heavy (non-hydrogen) atoms. The minimum absolute atomic E-state index is 0.0809. The van der Waals surface area contributed by atoms with E-state index < -0.39 is 12.1 Å². The molecule has 0 radical (unpaired) electrons. The molecule has 0 saturated heterocycles. The molecule has 0 atom stereocenters. The first-order chi connectivity index (χ1) is 7.22. The highest BCUT2D eigenvalue weighted by molar-refractivity contribution is 6.32. The van der Waals surface area contributed by atoms with E-state index in [-0.39, 0.29) is 21.9 Å². The molecule has 2 nitrogen and oxygen atoms in total. The summed E-state index contributed by atoms with van der Waals surface area (Å²) in [6, 6.07) is 2.57. The van der Waals surface area contributed by atoms with E-state index >= 15 is 0 Å². The lowest BCUT2D eigenvalue weighted by Crippen LogP contribution is -2.18. The van der Waals surface area contributed by atoms with E-state index in [0.717, 1.165) is 0 Å². The van der Waals surface area contributed by atoms with Gasteiger partial charge in [-0.25, -0.2) is 0 Å². The Morgan fingerprint density at radius 2 is 1.94 bits per heavy atom. The SMILES string of the molecule is CC(=O)c1ccc(Cl)c(OC(F)(F)F)c1C. The summed E-state index contributed by atoms with van der Waals surface area (Å²) in [7, 11) is 0. The van der Waals surface area contributed by atoms with E-state index in [9.17, 15) is 18.0 Å². The van der Waals surface area contributed by atoms with E-state index in [0.29, 0.717) is 0 Å². The van der Waals surface area contributed by atoms with Crippen molar-refractivity contribution in [3.05, 3.63) is 28.3 Å². The molecule has 0 heterocycles. The first kappa shape index (κ1) is 12.8. The van der Waals surface area contributed by atoms with Crippen LogP contribution in [0.3, 0.4) is 0 Å². The molecule has 0 aromatic heterocycles. The summed E-state index contributed by atoms with van der Waals surface area (Å²) >= 11 is 5.58. The highest BCUT2D eigenvalue weighted by Gasteiger charge is 2.33. The summed E-state index contributed by atoms with van der Waals surface area (Å²) in [5.41, 5.74) is 0.237. The molecule has 88 valence electrons. The number of benzene rings is 1. The minimum Gasteiger partial charge on any atom is -0.404 e. The van der Waals surface area contributed by atoms with E-state index in [4.69, 9.17) is 11.6 Å². The summed E-state index contributed by atoms with van der Waals surface area (Å²) in [6.07, 6.45) is -4.83. The van der Waals surface area contributed by atoms with Crippen LogP contribution in [-0.4, -0.2) is 12.1 Å². The van der Waals surface area contributed by atoms with Crippen LogP contribution in [0.25, 0.3) is 0 Å². The molecule has 1 aromatic carbocycles. The molecular formula is C10H8ClF3O2. The molecule has 0 aliphatic heterocycles. The van der Waals surface area contributed by atoms with Crippen molar-refractivity contribution >= 4 is 17.4 Å². The fraction of sp³-hybridized carbons (Fsp3) is 0.300. The van der Waals surface area contributed by atoms with Crippen LogP contribution in [0.15, 0.2) is 12.1 Å². The Labute approximate surface area is 95.0 Å². The smallest absolute Gasteiger partial charge is 0.404 e. The third-order valence-electron chi connectivity index (χ3n) is 1.95. The van der Waals surface area contributed by atoms with Gasteiger partial charge in [0.2, 0.25) is 0 Å². The number of ether oxygens (including phenoxy) is 1. The Kier molecular flexibility index (Phi) is 3.48. The monoisotopic (exact) mass is 252 g/mol.